The highest BCUT2D eigenvalue weighted by atomic mass is 16.4. The third kappa shape index (κ3) is 1.89. The van der Waals surface area contributed by atoms with Crippen LogP contribution in [0.5, 0.6) is 0 Å². The normalized spacial score (nSPS) is 12.3. The van der Waals surface area contributed by atoms with Crippen LogP contribution in [0.4, 0.5) is 0 Å². The third-order valence-corrected chi connectivity index (χ3v) is 2.12. The average Bonchev–Trinajstić information content (AvgIpc) is 2.81. The molecule has 0 fully saturated rings. The molecule has 0 saturated heterocycles. The second-order valence-corrected chi connectivity index (χ2v) is 3.18. The molecule has 2 aromatic rings. The third-order valence-electron chi connectivity index (χ3n) is 2.12. The lowest BCUT2D eigenvalue weighted by Gasteiger charge is -2.06. The van der Waals surface area contributed by atoms with Crippen molar-refractivity contribution in [3.63, 3.8) is 0 Å². The van der Waals surface area contributed by atoms with Crippen LogP contribution in [0.25, 0.3) is 11.4 Å². The Hall–Kier alpha value is -2.28. The highest BCUT2D eigenvalue weighted by molar-refractivity contribution is 5.76. The van der Waals surface area contributed by atoms with E-state index >= 15 is 0 Å². The van der Waals surface area contributed by atoms with Gasteiger partial charge in [-0.1, -0.05) is 18.2 Å². The van der Waals surface area contributed by atoms with E-state index in [1.807, 2.05) is 0 Å². The van der Waals surface area contributed by atoms with Gasteiger partial charge < -0.3 is 10.8 Å². The lowest BCUT2D eigenvalue weighted by molar-refractivity contribution is -0.138. The quantitative estimate of drug-likeness (QED) is 0.666. The zero-order chi connectivity index (χ0) is 11.5. The van der Waals surface area contributed by atoms with Crippen LogP contribution in [0, 0.1) is 0 Å². The molecule has 1 atom stereocenters. The van der Waals surface area contributed by atoms with E-state index in [0.717, 1.165) is 0 Å². The molecule has 2 rings (SSSR count). The molecule has 1 heterocycles. The van der Waals surface area contributed by atoms with Crippen molar-refractivity contribution in [1.29, 1.82) is 0 Å². The van der Waals surface area contributed by atoms with Gasteiger partial charge in [-0.2, -0.15) is 5.21 Å². The minimum atomic E-state index is -1.08. The molecule has 16 heavy (non-hydrogen) atoms. The summed E-state index contributed by atoms with van der Waals surface area (Å²) in [6, 6.07) is 5.67. The predicted octanol–water partition coefficient (Wildman–Crippen LogP) is -0.0489. The van der Waals surface area contributed by atoms with Gasteiger partial charge in [0.25, 0.3) is 0 Å². The van der Waals surface area contributed by atoms with Crippen molar-refractivity contribution in [2.45, 2.75) is 6.04 Å². The van der Waals surface area contributed by atoms with Gasteiger partial charge in [-0.3, -0.25) is 4.79 Å². The first kappa shape index (κ1) is 10.2. The van der Waals surface area contributed by atoms with E-state index in [1.165, 1.54) is 0 Å². The number of nitrogens with one attached hydrogen (secondary N) is 1. The van der Waals surface area contributed by atoms with Crippen molar-refractivity contribution in [2.75, 3.05) is 0 Å². The molecular formula is C9H9N5O2. The van der Waals surface area contributed by atoms with Gasteiger partial charge in [-0.15, -0.1) is 10.2 Å². The second-order valence-electron chi connectivity index (χ2n) is 3.18. The fourth-order valence-electron chi connectivity index (χ4n) is 1.30. The Bertz CT molecular complexity index is 496. The molecule has 0 bridgehead atoms. The van der Waals surface area contributed by atoms with Gasteiger partial charge in [-0.05, 0) is 16.8 Å². The summed E-state index contributed by atoms with van der Waals surface area (Å²) in [6.07, 6.45) is 0. The molecule has 7 heteroatoms. The minimum absolute atomic E-state index is 0.402. The average molecular weight is 219 g/mol. The maximum Gasteiger partial charge on any atom is 0.325 e. The van der Waals surface area contributed by atoms with Crippen LogP contribution in [0.2, 0.25) is 0 Å². The number of aromatic amines is 1. The first-order chi connectivity index (χ1) is 7.68. The van der Waals surface area contributed by atoms with Crippen LogP contribution in [-0.2, 0) is 4.79 Å². The van der Waals surface area contributed by atoms with Gasteiger partial charge in [0, 0.05) is 5.56 Å². The maximum absolute atomic E-state index is 10.7. The Labute approximate surface area is 90.3 Å². The first-order valence-electron chi connectivity index (χ1n) is 4.50. The van der Waals surface area contributed by atoms with E-state index in [4.69, 9.17) is 10.8 Å². The molecule has 1 unspecified atom stereocenters. The molecule has 7 nitrogen and oxygen atoms in total. The van der Waals surface area contributed by atoms with Crippen molar-refractivity contribution in [2.24, 2.45) is 5.73 Å². The van der Waals surface area contributed by atoms with Crippen LogP contribution in [0.3, 0.4) is 0 Å². The van der Waals surface area contributed by atoms with Crippen LogP contribution >= 0.6 is 0 Å². The Morgan fingerprint density at radius 1 is 1.50 bits per heavy atom. The molecule has 1 aromatic carbocycles. The summed E-state index contributed by atoms with van der Waals surface area (Å²) in [5.41, 5.74) is 6.66. The fraction of sp³-hybridized carbons (Fsp3) is 0.111. The van der Waals surface area contributed by atoms with Gasteiger partial charge in [0.15, 0.2) is 0 Å². The Morgan fingerprint density at radius 2 is 2.31 bits per heavy atom. The summed E-state index contributed by atoms with van der Waals surface area (Å²) >= 11 is 0. The van der Waals surface area contributed by atoms with Gasteiger partial charge in [0.05, 0.1) is 0 Å². The van der Waals surface area contributed by atoms with E-state index in [-0.39, 0.29) is 0 Å². The Kier molecular flexibility index (Phi) is 2.61. The number of nitrogens with zero attached hydrogens (tertiary/aromatic N) is 3. The maximum atomic E-state index is 10.7. The van der Waals surface area contributed by atoms with Crippen LogP contribution in [0.15, 0.2) is 24.3 Å². The molecule has 0 aliphatic heterocycles. The van der Waals surface area contributed by atoms with Crippen molar-refractivity contribution >= 4 is 5.97 Å². The number of rotatable bonds is 3. The number of nitrogens with two attached hydrogens (primary N) is 1. The summed E-state index contributed by atoms with van der Waals surface area (Å²) in [5, 5.41) is 22.1. The molecule has 82 valence electrons. The lowest BCUT2D eigenvalue weighted by atomic mass is 10.0. The lowest BCUT2D eigenvalue weighted by Crippen LogP contribution is -2.20. The summed E-state index contributed by atoms with van der Waals surface area (Å²) in [6.45, 7) is 0. The summed E-state index contributed by atoms with van der Waals surface area (Å²) in [4.78, 5) is 10.7. The number of hydrogen-bond acceptors (Lipinski definition) is 5. The number of carboxylic acids is 1. The Morgan fingerprint density at radius 3 is 2.94 bits per heavy atom. The summed E-state index contributed by atoms with van der Waals surface area (Å²) in [7, 11) is 0. The largest absolute Gasteiger partial charge is 0.480 e. The molecule has 0 spiro atoms. The number of hydrogen-bond donors (Lipinski definition) is 3. The molecule has 0 aliphatic carbocycles. The number of carboxylic acid groups (broad SMARTS) is 1. The molecule has 0 saturated carbocycles. The van der Waals surface area contributed by atoms with Crippen molar-refractivity contribution in [1.82, 2.24) is 20.6 Å². The molecule has 0 aliphatic rings. The fourth-order valence-corrected chi connectivity index (χ4v) is 1.30. The van der Waals surface area contributed by atoms with Gasteiger partial charge >= 0.3 is 5.97 Å². The zero-order valence-electron chi connectivity index (χ0n) is 8.16. The standard InChI is InChI=1S/C9H9N5O2/c10-7(9(15)16)5-2-1-3-6(4-5)8-11-13-14-12-8/h1-4,7H,10H2,(H,15,16)(H,11,12,13,14). The summed E-state index contributed by atoms with van der Waals surface area (Å²) in [5.74, 6) is -0.676. The Balaban J connectivity index is 2.37. The molecule has 0 amide bonds. The van der Waals surface area contributed by atoms with Gasteiger partial charge in [0.2, 0.25) is 5.82 Å². The topological polar surface area (TPSA) is 118 Å². The first-order valence-corrected chi connectivity index (χ1v) is 4.50. The highest BCUT2D eigenvalue weighted by Crippen LogP contribution is 2.18. The van der Waals surface area contributed by atoms with E-state index in [0.29, 0.717) is 17.0 Å². The molecular weight excluding hydrogens is 210 g/mol. The van der Waals surface area contributed by atoms with Gasteiger partial charge in [-0.25, -0.2) is 0 Å². The van der Waals surface area contributed by atoms with Crippen LogP contribution in [-0.4, -0.2) is 31.7 Å². The SMILES string of the molecule is NC(C(=O)O)c1cccc(-c2nn[nH]n2)c1. The highest BCUT2D eigenvalue weighted by Gasteiger charge is 2.15. The van der Waals surface area contributed by atoms with E-state index in [9.17, 15) is 4.79 Å². The number of aromatic nitrogens is 4. The number of aliphatic carboxylic acids is 1. The summed E-state index contributed by atoms with van der Waals surface area (Å²) < 4.78 is 0. The zero-order valence-corrected chi connectivity index (χ0v) is 8.16. The van der Waals surface area contributed by atoms with E-state index in [2.05, 4.69) is 20.6 Å². The second kappa shape index (κ2) is 4.07. The van der Waals surface area contributed by atoms with Crippen molar-refractivity contribution in [3.05, 3.63) is 29.8 Å². The van der Waals surface area contributed by atoms with E-state index in [1.54, 1.807) is 24.3 Å². The van der Waals surface area contributed by atoms with Gasteiger partial charge in [0.1, 0.15) is 6.04 Å². The number of carbonyl (C=O) groups is 1. The van der Waals surface area contributed by atoms with Crippen molar-refractivity contribution < 1.29 is 9.90 Å². The molecule has 4 N–H and O–H groups in total. The van der Waals surface area contributed by atoms with Crippen LogP contribution < -0.4 is 5.73 Å². The smallest absolute Gasteiger partial charge is 0.325 e. The number of tetrazole rings is 1. The predicted molar refractivity (Wildman–Crippen MR) is 54.2 cm³/mol. The number of benzene rings is 1. The monoisotopic (exact) mass is 219 g/mol. The molecule has 0 radical (unpaired) electrons. The van der Waals surface area contributed by atoms with E-state index < -0.39 is 12.0 Å². The van der Waals surface area contributed by atoms with Crippen molar-refractivity contribution in [3.8, 4) is 11.4 Å². The number of H-pyrrole nitrogens is 1. The minimum Gasteiger partial charge on any atom is -0.480 e. The molecule has 1 aromatic heterocycles. The van der Waals surface area contributed by atoms with Crippen LogP contribution in [0.1, 0.15) is 11.6 Å².